The second kappa shape index (κ2) is 5.85. The van der Waals surface area contributed by atoms with Crippen LogP contribution in [0.4, 0.5) is 13.2 Å². The van der Waals surface area contributed by atoms with Crippen LogP contribution in [0.25, 0.3) is 0 Å². The Kier molecular flexibility index (Phi) is 5.52. The molecule has 0 aromatic heterocycles. The lowest BCUT2D eigenvalue weighted by molar-refractivity contribution is -0.137. The first-order valence-corrected chi connectivity index (χ1v) is 4.26. The zero-order valence-electron chi connectivity index (χ0n) is 8.15. The van der Waals surface area contributed by atoms with Crippen LogP contribution in [0, 0.1) is 0 Å². The van der Waals surface area contributed by atoms with Crippen LogP contribution < -0.4 is 5.32 Å². The van der Waals surface area contributed by atoms with Gasteiger partial charge in [-0.15, -0.1) is 0 Å². The molecule has 0 saturated carbocycles. The predicted molar refractivity (Wildman–Crippen MR) is 44.8 cm³/mol. The molecule has 0 aromatic rings. The second-order valence-electron chi connectivity index (χ2n) is 3.07. The smallest absolute Gasteiger partial charge is 0.369 e. The molecule has 84 valence electrons. The largest absolute Gasteiger partial charge is 0.390 e. The number of hydrogen-bond donors (Lipinski definition) is 1. The van der Waals surface area contributed by atoms with Crippen LogP contribution in [0.1, 0.15) is 20.3 Å². The summed E-state index contributed by atoms with van der Waals surface area (Å²) in [6.45, 7) is 2.88. The Morgan fingerprint density at radius 3 is 2.43 bits per heavy atom. The van der Waals surface area contributed by atoms with Gasteiger partial charge in [0.05, 0.1) is 12.5 Å². The van der Waals surface area contributed by atoms with E-state index in [1.165, 1.54) is 0 Å². The van der Waals surface area contributed by atoms with Crippen LogP contribution in [0.3, 0.4) is 0 Å². The Labute approximate surface area is 80.6 Å². The average molecular weight is 213 g/mol. The molecule has 0 unspecified atom stereocenters. The van der Waals surface area contributed by atoms with Crippen LogP contribution in [0.15, 0.2) is 0 Å². The van der Waals surface area contributed by atoms with Gasteiger partial charge in [0.25, 0.3) is 0 Å². The Morgan fingerprint density at radius 2 is 2.00 bits per heavy atom. The van der Waals surface area contributed by atoms with E-state index < -0.39 is 25.0 Å². The van der Waals surface area contributed by atoms with Gasteiger partial charge in [-0.25, -0.2) is 0 Å². The molecule has 0 atom stereocenters. The van der Waals surface area contributed by atoms with Crippen molar-refractivity contribution in [1.29, 1.82) is 0 Å². The van der Waals surface area contributed by atoms with E-state index in [0.29, 0.717) is 0 Å². The molecule has 3 nitrogen and oxygen atoms in total. The number of carbonyl (C=O) groups is 1. The van der Waals surface area contributed by atoms with E-state index in [1.54, 1.807) is 13.8 Å². The van der Waals surface area contributed by atoms with Gasteiger partial charge < -0.3 is 10.1 Å². The third-order valence-electron chi connectivity index (χ3n) is 1.28. The fraction of sp³-hybridized carbons (Fsp3) is 0.875. The van der Waals surface area contributed by atoms with E-state index in [4.69, 9.17) is 4.74 Å². The van der Waals surface area contributed by atoms with Crippen molar-refractivity contribution in [3.8, 4) is 0 Å². The molecule has 0 saturated heterocycles. The van der Waals surface area contributed by atoms with Crippen molar-refractivity contribution >= 4 is 5.91 Å². The van der Waals surface area contributed by atoms with E-state index in [1.807, 2.05) is 0 Å². The lowest BCUT2D eigenvalue weighted by Crippen LogP contribution is -2.31. The zero-order chi connectivity index (χ0) is 11.2. The first-order chi connectivity index (χ1) is 6.31. The molecule has 0 radical (unpaired) electrons. The highest BCUT2D eigenvalue weighted by Gasteiger charge is 2.26. The van der Waals surface area contributed by atoms with Gasteiger partial charge in [-0.1, -0.05) is 0 Å². The van der Waals surface area contributed by atoms with Gasteiger partial charge >= 0.3 is 6.18 Å². The number of alkyl halides is 3. The lowest BCUT2D eigenvalue weighted by atomic mass is 10.4. The summed E-state index contributed by atoms with van der Waals surface area (Å²) in [5.41, 5.74) is 0. The van der Waals surface area contributed by atoms with Gasteiger partial charge in [0, 0.05) is 6.54 Å². The topological polar surface area (TPSA) is 38.3 Å². The highest BCUT2D eigenvalue weighted by atomic mass is 19.4. The number of hydrogen-bond acceptors (Lipinski definition) is 2. The highest BCUT2D eigenvalue weighted by Crippen LogP contribution is 2.17. The minimum atomic E-state index is -4.23. The normalized spacial score (nSPS) is 11.9. The Bertz CT molecular complexity index is 180. The fourth-order valence-electron chi connectivity index (χ4n) is 0.637. The summed E-state index contributed by atoms with van der Waals surface area (Å²) in [6, 6.07) is 0. The molecular formula is C8H14F3NO2. The van der Waals surface area contributed by atoms with Crippen molar-refractivity contribution in [3.05, 3.63) is 0 Å². The van der Waals surface area contributed by atoms with Crippen LogP contribution in [-0.4, -0.2) is 31.3 Å². The molecule has 0 bridgehead atoms. The Balaban J connectivity index is 3.46. The third-order valence-corrected chi connectivity index (χ3v) is 1.28. The van der Waals surface area contributed by atoms with E-state index in [2.05, 4.69) is 5.32 Å². The SMILES string of the molecule is CC(C)OCC(=O)NCCC(F)(F)F. The van der Waals surface area contributed by atoms with Crippen molar-refractivity contribution < 1.29 is 22.7 Å². The standard InChI is InChI=1S/C8H14F3NO2/c1-6(2)14-5-7(13)12-4-3-8(9,10)11/h6H,3-5H2,1-2H3,(H,12,13). The van der Waals surface area contributed by atoms with Crippen molar-refractivity contribution in [1.82, 2.24) is 5.32 Å². The molecule has 0 heterocycles. The number of rotatable bonds is 5. The van der Waals surface area contributed by atoms with E-state index in [0.717, 1.165) is 0 Å². The zero-order valence-corrected chi connectivity index (χ0v) is 8.15. The number of nitrogens with one attached hydrogen (secondary N) is 1. The molecule has 1 N–H and O–H groups in total. The van der Waals surface area contributed by atoms with E-state index in [9.17, 15) is 18.0 Å². The summed E-state index contributed by atoms with van der Waals surface area (Å²) in [7, 11) is 0. The van der Waals surface area contributed by atoms with Crippen molar-refractivity contribution in [2.45, 2.75) is 32.5 Å². The van der Waals surface area contributed by atoms with Crippen LogP contribution in [0.5, 0.6) is 0 Å². The van der Waals surface area contributed by atoms with Crippen molar-refractivity contribution in [2.24, 2.45) is 0 Å². The Hall–Kier alpha value is -0.780. The molecule has 0 aliphatic carbocycles. The monoisotopic (exact) mass is 213 g/mol. The minimum absolute atomic E-state index is 0.108. The number of amides is 1. The Morgan fingerprint density at radius 1 is 1.43 bits per heavy atom. The fourth-order valence-corrected chi connectivity index (χ4v) is 0.637. The molecule has 0 fully saturated rings. The summed E-state index contributed by atoms with van der Waals surface area (Å²) in [6.07, 6.45) is -5.35. The van der Waals surface area contributed by atoms with Crippen LogP contribution in [0.2, 0.25) is 0 Å². The molecule has 0 rings (SSSR count). The number of halogens is 3. The summed E-state index contributed by atoms with van der Waals surface area (Å²) in [5.74, 6) is -0.525. The molecule has 0 aromatic carbocycles. The van der Waals surface area contributed by atoms with Gasteiger partial charge in [0.1, 0.15) is 6.61 Å². The van der Waals surface area contributed by atoms with Crippen LogP contribution >= 0.6 is 0 Å². The maximum absolute atomic E-state index is 11.6. The lowest BCUT2D eigenvalue weighted by Gasteiger charge is -2.09. The van der Waals surface area contributed by atoms with E-state index in [-0.39, 0.29) is 12.7 Å². The summed E-state index contributed by atoms with van der Waals surface area (Å²) < 4.78 is 39.8. The maximum Gasteiger partial charge on any atom is 0.390 e. The van der Waals surface area contributed by atoms with Gasteiger partial charge in [-0.05, 0) is 13.8 Å². The number of carbonyl (C=O) groups excluding carboxylic acids is 1. The molecule has 0 aliphatic rings. The molecule has 6 heteroatoms. The molecule has 14 heavy (non-hydrogen) atoms. The van der Waals surface area contributed by atoms with Gasteiger partial charge in [0.15, 0.2) is 0 Å². The molecule has 0 spiro atoms. The quantitative estimate of drug-likeness (QED) is 0.751. The second-order valence-corrected chi connectivity index (χ2v) is 3.07. The van der Waals surface area contributed by atoms with Crippen LogP contribution in [-0.2, 0) is 9.53 Å². The first kappa shape index (κ1) is 13.2. The third kappa shape index (κ3) is 9.31. The first-order valence-electron chi connectivity index (χ1n) is 4.26. The minimum Gasteiger partial charge on any atom is -0.369 e. The predicted octanol–water partition coefficient (Wildman–Crippen LogP) is 1.48. The highest BCUT2D eigenvalue weighted by molar-refractivity contribution is 5.77. The molecule has 1 amide bonds. The molecule has 0 aliphatic heterocycles. The number of ether oxygens (including phenoxy) is 1. The van der Waals surface area contributed by atoms with Gasteiger partial charge in [-0.3, -0.25) is 4.79 Å². The average Bonchev–Trinajstić information content (AvgIpc) is 1.98. The van der Waals surface area contributed by atoms with Crippen molar-refractivity contribution in [2.75, 3.05) is 13.2 Å². The van der Waals surface area contributed by atoms with Gasteiger partial charge in [-0.2, -0.15) is 13.2 Å². The van der Waals surface area contributed by atoms with E-state index >= 15 is 0 Å². The van der Waals surface area contributed by atoms with Crippen molar-refractivity contribution in [3.63, 3.8) is 0 Å². The molecular weight excluding hydrogens is 199 g/mol. The summed E-state index contributed by atoms with van der Waals surface area (Å²) >= 11 is 0. The summed E-state index contributed by atoms with van der Waals surface area (Å²) in [5, 5.41) is 2.11. The summed E-state index contributed by atoms with van der Waals surface area (Å²) in [4.78, 5) is 10.8. The maximum atomic E-state index is 11.6. The van der Waals surface area contributed by atoms with Gasteiger partial charge in [0.2, 0.25) is 5.91 Å².